The number of benzene rings is 2. The second-order valence-corrected chi connectivity index (χ2v) is 7.42. The number of methoxy groups -OCH3 is 2. The Morgan fingerprint density at radius 2 is 1.92 bits per heavy atom. The van der Waals surface area contributed by atoms with Crippen LogP contribution < -0.4 is 14.8 Å². The Labute approximate surface area is 157 Å². The minimum Gasteiger partial charge on any atom is -0.495 e. The van der Waals surface area contributed by atoms with Crippen LogP contribution in [0.4, 0.5) is 5.69 Å². The molecule has 0 unspecified atom stereocenters. The lowest BCUT2D eigenvalue weighted by atomic mass is 10.2. The molecule has 0 aliphatic carbocycles. The van der Waals surface area contributed by atoms with Crippen molar-refractivity contribution in [3.8, 4) is 5.75 Å². The number of hydrogen-bond acceptors (Lipinski definition) is 5. The Morgan fingerprint density at radius 1 is 1.15 bits per heavy atom. The van der Waals surface area contributed by atoms with E-state index in [0.29, 0.717) is 16.5 Å². The molecule has 0 spiro atoms. The Balaban J connectivity index is 2.22. The Bertz CT molecular complexity index is 886. The van der Waals surface area contributed by atoms with Crippen molar-refractivity contribution >= 4 is 33.2 Å². The van der Waals surface area contributed by atoms with E-state index in [-0.39, 0.29) is 23.6 Å². The quantitative estimate of drug-likeness (QED) is 0.666. The number of hydrogen-bond donors (Lipinski definition) is 2. The van der Waals surface area contributed by atoms with Gasteiger partial charge < -0.3 is 14.8 Å². The lowest BCUT2D eigenvalue weighted by Crippen LogP contribution is -2.27. The summed E-state index contributed by atoms with van der Waals surface area (Å²) >= 11 is 5.94. The molecule has 0 radical (unpaired) electrons. The molecule has 2 aromatic rings. The minimum atomic E-state index is -3.74. The molecule has 7 nitrogen and oxygen atoms in total. The molecule has 9 heteroatoms. The first kappa shape index (κ1) is 20.2. The number of nitrogens with one attached hydrogen (secondary N) is 2. The van der Waals surface area contributed by atoms with Crippen molar-refractivity contribution in [3.05, 3.63) is 53.1 Å². The van der Waals surface area contributed by atoms with Gasteiger partial charge in [0.2, 0.25) is 10.0 Å². The molecule has 26 heavy (non-hydrogen) atoms. The van der Waals surface area contributed by atoms with Gasteiger partial charge in [-0.2, -0.15) is 0 Å². The van der Waals surface area contributed by atoms with Gasteiger partial charge in [0.25, 0.3) is 5.91 Å². The maximum Gasteiger partial charge on any atom is 0.255 e. The maximum absolute atomic E-state index is 12.5. The molecular weight excluding hydrogens is 380 g/mol. The van der Waals surface area contributed by atoms with Gasteiger partial charge in [0.1, 0.15) is 5.75 Å². The third kappa shape index (κ3) is 5.18. The van der Waals surface area contributed by atoms with Gasteiger partial charge in [0.15, 0.2) is 0 Å². The predicted molar refractivity (Wildman–Crippen MR) is 99.5 cm³/mol. The number of rotatable bonds is 8. The highest BCUT2D eigenvalue weighted by Crippen LogP contribution is 2.28. The standard InChI is InChI=1S/C17H19ClN2O5S/c1-24-9-8-19-26(22,23)14-5-3-4-12(10-14)17(21)20-15-11-13(18)6-7-16(15)25-2/h3-7,10-11,19H,8-9H2,1-2H3,(H,20,21). The van der Waals surface area contributed by atoms with Crippen LogP contribution in [0.3, 0.4) is 0 Å². The van der Waals surface area contributed by atoms with E-state index < -0.39 is 15.9 Å². The lowest BCUT2D eigenvalue weighted by Gasteiger charge is -2.11. The molecule has 0 aromatic heterocycles. The molecule has 0 saturated carbocycles. The minimum absolute atomic E-state index is 0.0145. The molecular formula is C17H19ClN2O5S. The average Bonchev–Trinajstić information content (AvgIpc) is 2.62. The number of ether oxygens (including phenoxy) is 2. The monoisotopic (exact) mass is 398 g/mol. The van der Waals surface area contributed by atoms with Crippen molar-refractivity contribution in [3.63, 3.8) is 0 Å². The van der Waals surface area contributed by atoms with Crippen molar-refractivity contribution < 1.29 is 22.7 Å². The van der Waals surface area contributed by atoms with E-state index in [1.54, 1.807) is 18.2 Å². The number of carbonyl (C=O) groups is 1. The van der Waals surface area contributed by atoms with E-state index in [0.717, 1.165) is 0 Å². The topological polar surface area (TPSA) is 93.7 Å². The summed E-state index contributed by atoms with van der Waals surface area (Å²) in [5.41, 5.74) is 0.568. The highest BCUT2D eigenvalue weighted by Gasteiger charge is 2.17. The van der Waals surface area contributed by atoms with Crippen molar-refractivity contribution in [2.75, 3.05) is 32.7 Å². The molecule has 0 aliphatic rings. The molecule has 0 atom stereocenters. The van der Waals surface area contributed by atoms with Crippen LogP contribution in [0.2, 0.25) is 5.02 Å². The normalized spacial score (nSPS) is 11.2. The predicted octanol–water partition coefficient (Wildman–Crippen LogP) is 2.53. The van der Waals surface area contributed by atoms with Gasteiger partial charge >= 0.3 is 0 Å². The number of anilines is 1. The zero-order chi connectivity index (χ0) is 19.2. The molecule has 2 rings (SSSR count). The summed E-state index contributed by atoms with van der Waals surface area (Å²) < 4.78 is 36.9. The van der Waals surface area contributed by atoms with Crippen molar-refractivity contribution in [2.24, 2.45) is 0 Å². The first-order valence-corrected chi connectivity index (χ1v) is 9.47. The van der Waals surface area contributed by atoms with Crippen LogP contribution in [0.15, 0.2) is 47.4 Å². The van der Waals surface area contributed by atoms with Crippen LogP contribution in [0.1, 0.15) is 10.4 Å². The fourth-order valence-electron chi connectivity index (χ4n) is 2.14. The highest BCUT2D eigenvalue weighted by molar-refractivity contribution is 7.89. The zero-order valence-electron chi connectivity index (χ0n) is 14.3. The third-order valence-electron chi connectivity index (χ3n) is 3.41. The van der Waals surface area contributed by atoms with Gasteiger partial charge in [0.05, 0.1) is 24.3 Å². The largest absolute Gasteiger partial charge is 0.495 e. The van der Waals surface area contributed by atoms with Gasteiger partial charge in [-0.05, 0) is 36.4 Å². The number of amides is 1. The lowest BCUT2D eigenvalue weighted by molar-refractivity contribution is 0.102. The zero-order valence-corrected chi connectivity index (χ0v) is 15.9. The van der Waals surface area contributed by atoms with E-state index in [4.69, 9.17) is 21.1 Å². The molecule has 1 amide bonds. The second-order valence-electron chi connectivity index (χ2n) is 5.22. The van der Waals surface area contributed by atoms with Crippen LogP contribution in [-0.4, -0.2) is 41.7 Å². The average molecular weight is 399 g/mol. The van der Waals surface area contributed by atoms with Crippen LogP contribution >= 0.6 is 11.6 Å². The van der Waals surface area contributed by atoms with E-state index in [2.05, 4.69) is 10.0 Å². The van der Waals surface area contributed by atoms with Crippen LogP contribution in [-0.2, 0) is 14.8 Å². The summed E-state index contributed by atoms with van der Waals surface area (Å²) in [5, 5.41) is 3.10. The SMILES string of the molecule is COCCNS(=O)(=O)c1cccc(C(=O)Nc2cc(Cl)ccc2OC)c1. The summed E-state index contributed by atoms with van der Waals surface area (Å²) in [4.78, 5) is 12.5. The fraction of sp³-hybridized carbons (Fsp3) is 0.235. The van der Waals surface area contributed by atoms with E-state index in [1.807, 2.05) is 0 Å². The van der Waals surface area contributed by atoms with Crippen molar-refractivity contribution in [2.45, 2.75) is 4.90 Å². The Hall–Kier alpha value is -2.13. The first-order valence-electron chi connectivity index (χ1n) is 7.61. The van der Waals surface area contributed by atoms with E-state index >= 15 is 0 Å². The third-order valence-corrected chi connectivity index (χ3v) is 5.11. The van der Waals surface area contributed by atoms with Gasteiger partial charge in [-0.25, -0.2) is 13.1 Å². The first-order chi connectivity index (χ1) is 12.4. The van der Waals surface area contributed by atoms with Crippen molar-refractivity contribution in [1.82, 2.24) is 4.72 Å². The van der Waals surface area contributed by atoms with Gasteiger partial charge in [-0.1, -0.05) is 17.7 Å². The molecule has 2 N–H and O–H groups in total. The Kier molecular flexibility index (Phi) is 6.98. The molecule has 0 fully saturated rings. The summed E-state index contributed by atoms with van der Waals surface area (Å²) in [6, 6.07) is 10.5. The van der Waals surface area contributed by atoms with Crippen LogP contribution in [0, 0.1) is 0 Å². The molecule has 0 aliphatic heterocycles. The summed E-state index contributed by atoms with van der Waals surface area (Å²) in [6.45, 7) is 0.378. The smallest absolute Gasteiger partial charge is 0.255 e. The number of carbonyl (C=O) groups excluding carboxylic acids is 1. The molecule has 0 heterocycles. The van der Waals surface area contributed by atoms with Gasteiger partial charge in [0, 0.05) is 24.2 Å². The summed E-state index contributed by atoms with van der Waals surface area (Å²) in [6.07, 6.45) is 0. The number of halogens is 1. The van der Waals surface area contributed by atoms with Crippen LogP contribution in [0.5, 0.6) is 5.75 Å². The number of sulfonamides is 1. The highest BCUT2D eigenvalue weighted by atomic mass is 35.5. The van der Waals surface area contributed by atoms with Crippen LogP contribution in [0.25, 0.3) is 0 Å². The molecule has 0 saturated heterocycles. The van der Waals surface area contributed by atoms with E-state index in [9.17, 15) is 13.2 Å². The van der Waals surface area contributed by atoms with Crippen molar-refractivity contribution in [1.29, 1.82) is 0 Å². The summed E-state index contributed by atoms with van der Waals surface area (Å²) in [7, 11) is -0.791. The summed E-state index contributed by atoms with van der Waals surface area (Å²) in [5.74, 6) is -0.0488. The van der Waals surface area contributed by atoms with Gasteiger partial charge in [-0.15, -0.1) is 0 Å². The molecule has 2 aromatic carbocycles. The maximum atomic E-state index is 12.5. The van der Waals surface area contributed by atoms with E-state index in [1.165, 1.54) is 38.5 Å². The fourth-order valence-corrected chi connectivity index (χ4v) is 3.37. The Morgan fingerprint density at radius 3 is 2.62 bits per heavy atom. The molecule has 140 valence electrons. The second kappa shape index (κ2) is 9.00. The molecule has 0 bridgehead atoms. The van der Waals surface area contributed by atoms with Gasteiger partial charge in [-0.3, -0.25) is 4.79 Å².